The van der Waals surface area contributed by atoms with Gasteiger partial charge in [-0.1, -0.05) is 20.8 Å². The van der Waals surface area contributed by atoms with Crippen LogP contribution in [-0.4, -0.2) is 21.5 Å². The van der Waals surface area contributed by atoms with Gasteiger partial charge >= 0.3 is 5.69 Å². The molecule has 0 aliphatic rings. The topological polar surface area (TPSA) is 116 Å². The molecular weight excluding hydrogens is 238 g/mol. The molecule has 0 saturated heterocycles. The molecule has 8 heteroatoms. The Labute approximate surface area is 105 Å². The normalized spacial score (nSPS) is 11.1. The van der Waals surface area contributed by atoms with E-state index in [1.807, 2.05) is 0 Å². The highest BCUT2D eigenvalue weighted by Gasteiger charge is 2.19. The van der Waals surface area contributed by atoms with Crippen LogP contribution in [0.5, 0.6) is 5.88 Å². The van der Waals surface area contributed by atoms with E-state index in [0.29, 0.717) is 6.61 Å². The first-order valence-electron chi connectivity index (χ1n) is 5.44. The SMILES string of the molecule is CC(C)(C)CCOc1nc(NN)ncc1[N+](=O)[O-]. The fourth-order valence-electron chi connectivity index (χ4n) is 1.11. The summed E-state index contributed by atoms with van der Waals surface area (Å²) in [5.41, 5.74) is 2.02. The first-order chi connectivity index (χ1) is 8.33. The summed E-state index contributed by atoms with van der Waals surface area (Å²) < 4.78 is 5.33. The summed E-state index contributed by atoms with van der Waals surface area (Å²) >= 11 is 0. The second-order valence-electron chi connectivity index (χ2n) is 4.94. The molecule has 0 unspecified atom stereocenters. The minimum absolute atomic E-state index is 0.0753. The number of hydrazine groups is 1. The zero-order chi connectivity index (χ0) is 13.8. The molecule has 1 heterocycles. The molecule has 1 aromatic heterocycles. The quantitative estimate of drug-likeness (QED) is 0.465. The lowest BCUT2D eigenvalue weighted by molar-refractivity contribution is -0.386. The van der Waals surface area contributed by atoms with E-state index in [1.165, 1.54) is 0 Å². The number of nitrogen functional groups attached to an aromatic ring is 1. The van der Waals surface area contributed by atoms with Crippen LogP contribution < -0.4 is 16.0 Å². The molecule has 3 N–H and O–H groups in total. The van der Waals surface area contributed by atoms with E-state index < -0.39 is 4.92 Å². The number of nitrogens with zero attached hydrogens (tertiary/aromatic N) is 3. The molecule has 0 saturated carbocycles. The van der Waals surface area contributed by atoms with Crippen molar-refractivity contribution in [2.75, 3.05) is 12.0 Å². The average molecular weight is 255 g/mol. The highest BCUT2D eigenvalue weighted by Crippen LogP contribution is 2.25. The summed E-state index contributed by atoms with van der Waals surface area (Å²) in [6.07, 6.45) is 1.81. The van der Waals surface area contributed by atoms with Crippen LogP contribution in [0.1, 0.15) is 27.2 Å². The van der Waals surface area contributed by atoms with Crippen LogP contribution in [0.25, 0.3) is 0 Å². The summed E-state index contributed by atoms with van der Waals surface area (Å²) in [4.78, 5) is 17.7. The van der Waals surface area contributed by atoms with Gasteiger partial charge in [-0.15, -0.1) is 0 Å². The molecule has 0 radical (unpaired) electrons. The van der Waals surface area contributed by atoms with E-state index in [2.05, 4.69) is 36.2 Å². The van der Waals surface area contributed by atoms with E-state index in [0.717, 1.165) is 12.6 Å². The smallest absolute Gasteiger partial charge is 0.349 e. The summed E-state index contributed by atoms with van der Waals surface area (Å²) in [5.74, 6) is 5.14. The zero-order valence-electron chi connectivity index (χ0n) is 10.6. The van der Waals surface area contributed by atoms with Gasteiger partial charge in [-0.05, 0) is 11.8 Å². The van der Waals surface area contributed by atoms with Crippen molar-refractivity contribution in [2.24, 2.45) is 11.3 Å². The molecule has 8 nitrogen and oxygen atoms in total. The molecule has 0 spiro atoms. The number of hydrogen-bond acceptors (Lipinski definition) is 7. The van der Waals surface area contributed by atoms with Crippen molar-refractivity contribution in [3.63, 3.8) is 0 Å². The van der Waals surface area contributed by atoms with Gasteiger partial charge in [-0.25, -0.2) is 10.8 Å². The van der Waals surface area contributed by atoms with Crippen molar-refractivity contribution in [1.29, 1.82) is 0 Å². The zero-order valence-corrected chi connectivity index (χ0v) is 10.6. The maximum atomic E-state index is 10.8. The standard InChI is InChI=1S/C10H17N5O3/c1-10(2,3)4-5-18-8-7(15(16)17)6-12-9(13-8)14-11/h6H,4-5,11H2,1-3H3,(H,12,13,14). The van der Waals surface area contributed by atoms with Gasteiger partial charge in [0, 0.05) is 0 Å². The Hall–Kier alpha value is -1.96. The van der Waals surface area contributed by atoms with E-state index in [-0.39, 0.29) is 22.9 Å². The third-order valence-electron chi connectivity index (χ3n) is 2.15. The van der Waals surface area contributed by atoms with Gasteiger partial charge in [-0.2, -0.15) is 4.98 Å². The first kappa shape index (κ1) is 14.1. The number of anilines is 1. The number of nitrogens with one attached hydrogen (secondary N) is 1. The molecule has 0 amide bonds. The van der Waals surface area contributed by atoms with Crippen LogP contribution in [0.3, 0.4) is 0 Å². The van der Waals surface area contributed by atoms with Crippen molar-refractivity contribution in [3.05, 3.63) is 16.3 Å². The Bertz CT molecular complexity index is 430. The predicted molar refractivity (Wildman–Crippen MR) is 66.1 cm³/mol. The molecular formula is C10H17N5O3. The van der Waals surface area contributed by atoms with Gasteiger partial charge in [0.2, 0.25) is 5.95 Å². The Kier molecular flexibility index (Phi) is 4.38. The summed E-state index contributed by atoms with van der Waals surface area (Å²) in [7, 11) is 0. The second kappa shape index (κ2) is 5.58. The van der Waals surface area contributed by atoms with Gasteiger partial charge < -0.3 is 4.74 Å². The number of nitro groups is 1. The van der Waals surface area contributed by atoms with Crippen LogP contribution in [0, 0.1) is 15.5 Å². The first-order valence-corrected chi connectivity index (χ1v) is 5.44. The molecule has 0 aromatic carbocycles. The molecule has 0 aliphatic carbocycles. The van der Waals surface area contributed by atoms with E-state index in [4.69, 9.17) is 10.6 Å². The summed E-state index contributed by atoms with van der Waals surface area (Å²) in [5, 5.41) is 10.8. The van der Waals surface area contributed by atoms with Crippen LogP contribution in [-0.2, 0) is 0 Å². The molecule has 100 valence electrons. The number of ether oxygens (including phenoxy) is 1. The maximum Gasteiger partial charge on any atom is 0.349 e. The van der Waals surface area contributed by atoms with Crippen LogP contribution in [0.4, 0.5) is 11.6 Å². The fraction of sp³-hybridized carbons (Fsp3) is 0.600. The van der Waals surface area contributed by atoms with Crippen molar-refractivity contribution < 1.29 is 9.66 Å². The largest absolute Gasteiger partial charge is 0.473 e. The van der Waals surface area contributed by atoms with Gasteiger partial charge in [0.15, 0.2) is 0 Å². The van der Waals surface area contributed by atoms with Crippen LogP contribution in [0.2, 0.25) is 0 Å². The Morgan fingerprint density at radius 1 is 1.56 bits per heavy atom. The van der Waals surface area contributed by atoms with Crippen LogP contribution in [0.15, 0.2) is 6.20 Å². The average Bonchev–Trinajstić information content (AvgIpc) is 2.26. The summed E-state index contributed by atoms with van der Waals surface area (Å²) in [6.45, 7) is 6.50. The predicted octanol–water partition coefficient (Wildman–Crippen LogP) is 1.49. The molecule has 1 aromatic rings. The Balaban J connectivity index is 2.81. The fourth-order valence-corrected chi connectivity index (χ4v) is 1.11. The van der Waals surface area contributed by atoms with E-state index >= 15 is 0 Å². The summed E-state index contributed by atoms with van der Waals surface area (Å²) in [6, 6.07) is 0. The molecule has 0 aliphatic heterocycles. The van der Waals surface area contributed by atoms with Crippen molar-refractivity contribution >= 4 is 11.6 Å². The van der Waals surface area contributed by atoms with Gasteiger partial charge in [0.1, 0.15) is 6.20 Å². The van der Waals surface area contributed by atoms with Crippen LogP contribution >= 0.6 is 0 Å². The van der Waals surface area contributed by atoms with E-state index in [1.54, 1.807) is 0 Å². The van der Waals surface area contributed by atoms with Gasteiger partial charge in [-0.3, -0.25) is 15.5 Å². The monoisotopic (exact) mass is 255 g/mol. The van der Waals surface area contributed by atoms with Crippen molar-refractivity contribution in [3.8, 4) is 5.88 Å². The lowest BCUT2D eigenvalue weighted by Gasteiger charge is -2.17. The minimum Gasteiger partial charge on any atom is -0.473 e. The molecule has 0 atom stereocenters. The Morgan fingerprint density at radius 3 is 2.72 bits per heavy atom. The minimum atomic E-state index is -0.591. The van der Waals surface area contributed by atoms with Crippen molar-refractivity contribution in [1.82, 2.24) is 9.97 Å². The number of aromatic nitrogens is 2. The number of rotatable bonds is 5. The Morgan fingerprint density at radius 2 is 2.22 bits per heavy atom. The highest BCUT2D eigenvalue weighted by molar-refractivity contribution is 5.42. The van der Waals surface area contributed by atoms with E-state index in [9.17, 15) is 10.1 Å². The number of hydrogen-bond donors (Lipinski definition) is 2. The molecule has 0 bridgehead atoms. The van der Waals surface area contributed by atoms with Crippen molar-refractivity contribution in [2.45, 2.75) is 27.2 Å². The second-order valence-corrected chi connectivity index (χ2v) is 4.94. The lowest BCUT2D eigenvalue weighted by atomic mass is 9.93. The lowest BCUT2D eigenvalue weighted by Crippen LogP contribution is -2.14. The van der Waals surface area contributed by atoms with Gasteiger partial charge in [0.05, 0.1) is 11.5 Å². The third-order valence-corrected chi connectivity index (χ3v) is 2.15. The van der Waals surface area contributed by atoms with Gasteiger partial charge in [0.25, 0.3) is 5.88 Å². The molecule has 0 fully saturated rings. The number of nitrogens with two attached hydrogens (primary N) is 1. The molecule has 1 rings (SSSR count). The highest BCUT2D eigenvalue weighted by atomic mass is 16.6. The maximum absolute atomic E-state index is 10.8. The third kappa shape index (κ3) is 4.13. The molecule has 18 heavy (non-hydrogen) atoms.